The first-order valence-corrected chi connectivity index (χ1v) is 8.91. The molecule has 1 saturated heterocycles. The van der Waals surface area contributed by atoms with Crippen molar-refractivity contribution in [2.24, 2.45) is 0 Å². The Morgan fingerprint density at radius 2 is 1.70 bits per heavy atom. The van der Waals surface area contributed by atoms with Gasteiger partial charge in [-0.3, -0.25) is 4.90 Å². The molecule has 2 fully saturated rings. The van der Waals surface area contributed by atoms with E-state index in [0.29, 0.717) is 6.04 Å². The molecule has 122 valence electrons. The van der Waals surface area contributed by atoms with E-state index in [9.17, 15) is 0 Å². The Labute approximate surface area is 137 Å². The average molecular weight is 311 g/mol. The molecule has 1 aromatic carbocycles. The molecule has 2 aliphatic rings. The van der Waals surface area contributed by atoms with Gasteiger partial charge in [-0.1, -0.05) is 42.7 Å². The minimum absolute atomic E-state index is 0.189. The minimum atomic E-state index is 0.189. The maximum atomic E-state index is 4.46. The number of aromatic nitrogens is 4. The van der Waals surface area contributed by atoms with E-state index in [-0.39, 0.29) is 6.04 Å². The maximum absolute atomic E-state index is 4.46. The SMILES string of the molecule is Cc1ccc(C(c2nnnn2C2CCCC2)N2CCCC2)cc1. The summed E-state index contributed by atoms with van der Waals surface area (Å²) < 4.78 is 2.12. The molecule has 1 aromatic heterocycles. The molecular formula is C18H25N5. The number of hydrogen-bond donors (Lipinski definition) is 0. The van der Waals surface area contributed by atoms with Crippen molar-refractivity contribution < 1.29 is 0 Å². The second-order valence-corrected chi connectivity index (χ2v) is 6.98. The van der Waals surface area contributed by atoms with Crippen molar-refractivity contribution in [3.05, 3.63) is 41.2 Å². The number of benzene rings is 1. The first-order chi connectivity index (χ1) is 11.3. The standard InChI is InChI=1S/C18H25N5/c1-14-8-10-15(11-9-14)17(22-12-4-5-13-22)18-19-20-21-23(18)16-6-2-3-7-16/h8-11,16-17H,2-7,12-13H2,1H3. The molecule has 1 aliphatic carbocycles. The Morgan fingerprint density at radius 1 is 1.00 bits per heavy atom. The monoisotopic (exact) mass is 311 g/mol. The summed E-state index contributed by atoms with van der Waals surface area (Å²) in [5.41, 5.74) is 2.61. The lowest BCUT2D eigenvalue weighted by molar-refractivity contribution is 0.257. The van der Waals surface area contributed by atoms with Crippen molar-refractivity contribution in [2.75, 3.05) is 13.1 Å². The van der Waals surface area contributed by atoms with E-state index in [1.807, 2.05) is 0 Å². The molecule has 1 atom stereocenters. The van der Waals surface area contributed by atoms with Crippen LogP contribution in [0.5, 0.6) is 0 Å². The lowest BCUT2D eigenvalue weighted by atomic mass is 10.0. The fourth-order valence-electron chi connectivity index (χ4n) is 4.06. The van der Waals surface area contributed by atoms with E-state index >= 15 is 0 Å². The first kappa shape index (κ1) is 14.8. The number of rotatable bonds is 4. The lowest BCUT2D eigenvalue weighted by Gasteiger charge is -2.28. The van der Waals surface area contributed by atoms with Crippen LogP contribution in [0.1, 0.15) is 67.6 Å². The van der Waals surface area contributed by atoms with Crippen LogP contribution < -0.4 is 0 Å². The van der Waals surface area contributed by atoms with Gasteiger partial charge >= 0.3 is 0 Å². The van der Waals surface area contributed by atoms with Gasteiger partial charge in [0.25, 0.3) is 0 Å². The molecule has 0 amide bonds. The predicted molar refractivity (Wildman–Crippen MR) is 89.2 cm³/mol. The fraction of sp³-hybridized carbons (Fsp3) is 0.611. The fourth-order valence-corrected chi connectivity index (χ4v) is 4.06. The van der Waals surface area contributed by atoms with Crippen molar-refractivity contribution >= 4 is 0 Å². The minimum Gasteiger partial charge on any atom is -0.290 e. The summed E-state index contributed by atoms with van der Waals surface area (Å²) in [6.07, 6.45) is 7.55. The smallest absolute Gasteiger partial charge is 0.173 e. The number of tetrazole rings is 1. The molecule has 5 heteroatoms. The second kappa shape index (κ2) is 6.40. The van der Waals surface area contributed by atoms with Crippen LogP contribution in [0.4, 0.5) is 0 Å². The number of likely N-dealkylation sites (tertiary alicyclic amines) is 1. The van der Waals surface area contributed by atoms with Gasteiger partial charge in [-0.15, -0.1) is 5.10 Å². The zero-order valence-corrected chi connectivity index (χ0v) is 13.9. The molecule has 0 N–H and O–H groups in total. The summed E-state index contributed by atoms with van der Waals surface area (Å²) in [4.78, 5) is 2.54. The quantitative estimate of drug-likeness (QED) is 0.869. The van der Waals surface area contributed by atoms with Crippen LogP contribution in [0.2, 0.25) is 0 Å². The highest BCUT2D eigenvalue weighted by atomic mass is 15.6. The third-order valence-electron chi connectivity index (χ3n) is 5.33. The van der Waals surface area contributed by atoms with Crippen LogP contribution in [0.25, 0.3) is 0 Å². The summed E-state index contributed by atoms with van der Waals surface area (Å²) in [5, 5.41) is 12.9. The van der Waals surface area contributed by atoms with Crippen molar-refractivity contribution in [1.29, 1.82) is 0 Å². The maximum Gasteiger partial charge on any atom is 0.173 e. The van der Waals surface area contributed by atoms with E-state index in [4.69, 9.17) is 0 Å². The molecule has 2 aromatic rings. The van der Waals surface area contributed by atoms with Crippen molar-refractivity contribution in [3.8, 4) is 0 Å². The van der Waals surface area contributed by atoms with Gasteiger partial charge in [0.2, 0.25) is 0 Å². The molecule has 1 aliphatic heterocycles. The van der Waals surface area contributed by atoms with Crippen LogP contribution in [0.3, 0.4) is 0 Å². The van der Waals surface area contributed by atoms with Gasteiger partial charge in [0.15, 0.2) is 5.82 Å². The van der Waals surface area contributed by atoms with E-state index in [1.54, 1.807) is 0 Å². The Balaban J connectivity index is 1.73. The average Bonchev–Trinajstić information content (AvgIpc) is 3.32. The lowest BCUT2D eigenvalue weighted by Crippen LogP contribution is -2.30. The molecule has 1 saturated carbocycles. The van der Waals surface area contributed by atoms with Crippen LogP contribution in [0.15, 0.2) is 24.3 Å². The zero-order chi connectivity index (χ0) is 15.6. The highest BCUT2D eigenvalue weighted by molar-refractivity contribution is 5.28. The van der Waals surface area contributed by atoms with Gasteiger partial charge in [0, 0.05) is 0 Å². The highest BCUT2D eigenvalue weighted by Gasteiger charge is 2.32. The van der Waals surface area contributed by atoms with Crippen molar-refractivity contribution in [1.82, 2.24) is 25.1 Å². The number of aryl methyl sites for hydroxylation is 1. The summed E-state index contributed by atoms with van der Waals surface area (Å²) in [5.74, 6) is 1.03. The van der Waals surface area contributed by atoms with Crippen LogP contribution in [0, 0.1) is 6.92 Å². The van der Waals surface area contributed by atoms with Crippen molar-refractivity contribution in [2.45, 2.75) is 57.5 Å². The van der Waals surface area contributed by atoms with Gasteiger partial charge in [-0.05, 0) is 61.7 Å². The number of hydrogen-bond acceptors (Lipinski definition) is 4. The third kappa shape index (κ3) is 2.90. The van der Waals surface area contributed by atoms with E-state index in [1.165, 1.54) is 49.7 Å². The van der Waals surface area contributed by atoms with E-state index in [0.717, 1.165) is 18.9 Å². The van der Waals surface area contributed by atoms with Crippen LogP contribution >= 0.6 is 0 Å². The molecule has 4 rings (SSSR count). The van der Waals surface area contributed by atoms with Gasteiger partial charge in [0.1, 0.15) is 0 Å². The molecule has 23 heavy (non-hydrogen) atoms. The topological polar surface area (TPSA) is 46.8 Å². The Morgan fingerprint density at radius 3 is 2.39 bits per heavy atom. The molecule has 0 radical (unpaired) electrons. The molecule has 0 spiro atoms. The Kier molecular flexibility index (Phi) is 4.12. The molecule has 5 nitrogen and oxygen atoms in total. The van der Waals surface area contributed by atoms with E-state index < -0.39 is 0 Å². The van der Waals surface area contributed by atoms with Gasteiger partial charge < -0.3 is 0 Å². The summed E-state index contributed by atoms with van der Waals surface area (Å²) in [6.45, 7) is 4.41. The van der Waals surface area contributed by atoms with Crippen molar-refractivity contribution in [3.63, 3.8) is 0 Å². The highest BCUT2D eigenvalue weighted by Crippen LogP contribution is 2.35. The largest absolute Gasteiger partial charge is 0.290 e. The summed E-state index contributed by atoms with van der Waals surface area (Å²) in [7, 11) is 0. The molecular weight excluding hydrogens is 286 g/mol. The summed E-state index contributed by atoms with van der Waals surface area (Å²) >= 11 is 0. The van der Waals surface area contributed by atoms with Gasteiger partial charge in [-0.2, -0.15) is 0 Å². The van der Waals surface area contributed by atoms with Gasteiger partial charge in [-0.25, -0.2) is 4.68 Å². The van der Waals surface area contributed by atoms with Crippen LogP contribution in [-0.2, 0) is 0 Å². The summed E-state index contributed by atoms with van der Waals surface area (Å²) in [6, 6.07) is 9.55. The molecule has 2 heterocycles. The van der Waals surface area contributed by atoms with Gasteiger partial charge in [0.05, 0.1) is 12.1 Å². The number of nitrogens with zero attached hydrogens (tertiary/aromatic N) is 5. The molecule has 0 bridgehead atoms. The zero-order valence-electron chi connectivity index (χ0n) is 13.9. The van der Waals surface area contributed by atoms with Crippen LogP contribution in [-0.4, -0.2) is 38.2 Å². The molecule has 1 unspecified atom stereocenters. The predicted octanol–water partition coefficient (Wildman–Crippen LogP) is 3.28. The Hall–Kier alpha value is -1.75. The van der Waals surface area contributed by atoms with E-state index in [2.05, 4.69) is 56.3 Å². The first-order valence-electron chi connectivity index (χ1n) is 8.91. The second-order valence-electron chi connectivity index (χ2n) is 6.98. The normalized spacial score (nSPS) is 21.1. The Bertz CT molecular complexity index is 636. The third-order valence-corrected chi connectivity index (χ3v) is 5.33.